The Morgan fingerprint density at radius 2 is 1.86 bits per heavy atom. The van der Waals surface area contributed by atoms with Crippen molar-refractivity contribution in [2.24, 2.45) is 0 Å². The monoisotopic (exact) mass is 306 g/mol. The molecule has 0 unspecified atom stereocenters. The standard InChI is InChI=1S/C13H11ClN4O3/c1-7-5-8(2)16-13(15-7)17-12(19)10-4-3-9(18(20)21)6-11(10)14/h3-6H,1-2H3,(H,15,16,17,19). The number of hydrogen-bond acceptors (Lipinski definition) is 5. The number of carbonyl (C=O) groups excluding carboxylic acids is 1. The second-order valence-electron chi connectivity index (χ2n) is 4.35. The summed E-state index contributed by atoms with van der Waals surface area (Å²) >= 11 is 5.89. The molecular weight excluding hydrogens is 296 g/mol. The fourth-order valence-corrected chi connectivity index (χ4v) is 2.01. The van der Waals surface area contributed by atoms with Crippen molar-refractivity contribution in [2.75, 3.05) is 5.32 Å². The van der Waals surface area contributed by atoms with Gasteiger partial charge in [0.05, 0.1) is 15.5 Å². The maximum absolute atomic E-state index is 12.1. The van der Waals surface area contributed by atoms with Crippen molar-refractivity contribution in [3.63, 3.8) is 0 Å². The molecule has 0 aliphatic rings. The molecule has 0 saturated heterocycles. The van der Waals surface area contributed by atoms with Crippen LogP contribution < -0.4 is 5.32 Å². The van der Waals surface area contributed by atoms with Gasteiger partial charge in [-0.3, -0.25) is 20.2 Å². The van der Waals surface area contributed by atoms with Crippen molar-refractivity contribution in [3.8, 4) is 0 Å². The Hall–Kier alpha value is -2.54. The summed E-state index contributed by atoms with van der Waals surface area (Å²) in [5, 5.41) is 13.1. The zero-order chi connectivity index (χ0) is 15.6. The smallest absolute Gasteiger partial charge is 0.270 e. The molecule has 0 aliphatic heterocycles. The van der Waals surface area contributed by atoms with E-state index in [0.29, 0.717) is 11.4 Å². The van der Waals surface area contributed by atoms with E-state index in [0.717, 1.165) is 6.07 Å². The minimum absolute atomic E-state index is 0.00826. The van der Waals surface area contributed by atoms with E-state index in [1.54, 1.807) is 19.9 Å². The molecule has 0 radical (unpaired) electrons. The third-order valence-corrected chi connectivity index (χ3v) is 2.93. The maximum Gasteiger partial charge on any atom is 0.270 e. The molecule has 2 rings (SSSR count). The molecule has 0 fully saturated rings. The molecule has 1 aromatic heterocycles. The second kappa shape index (κ2) is 5.84. The Kier molecular flexibility index (Phi) is 4.13. The van der Waals surface area contributed by atoms with E-state index in [4.69, 9.17) is 11.6 Å². The number of nitro groups is 1. The number of non-ortho nitro benzene ring substituents is 1. The number of aryl methyl sites for hydroxylation is 2. The minimum Gasteiger partial charge on any atom is -0.290 e. The Balaban J connectivity index is 2.26. The predicted octanol–water partition coefficient (Wildman–Crippen LogP) is 2.91. The van der Waals surface area contributed by atoms with E-state index < -0.39 is 10.8 Å². The Morgan fingerprint density at radius 3 is 2.38 bits per heavy atom. The van der Waals surface area contributed by atoms with Gasteiger partial charge in [0.15, 0.2) is 0 Å². The van der Waals surface area contributed by atoms with Gasteiger partial charge in [-0.25, -0.2) is 9.97 Å². The van der Waals surface area contributed by atoms with Crippen LogP contribution in [-0.4, -0.2) is 20.8 Å². The average Bonchev–Trinajstić information content (AvgIpc) is 2.36. The fraction of sp³-hybridized carbons (Fsp3) is 0.154. The van der Waals surface area contributed by atoms with Crippen LogP contribution in [0.4, 0.5) is 11.6 Å². The van der Waals surface area contributed by atoms with Crippen molar-refractivity contribution >= 4 is 29.1 Å². The first kappa shape index (κ1) is 14.9. The van der Waals surface area contributed by atoms with Crippen LogP contribution in [0, 0.1) is 24.0 Å². The van der Waals surface area contributed by atoms with Crippen molar-refractivity contribution in [1.82, 2.24) is 9.97 Å². The van der Waals surface area contributed by atoms with Gasteiger partial charge in [-0.1, -0.05) is 11.6 Å². The summed E-state index contributed by atoms with van der Waals surface area (Å²) in [7, 11) is 0. The Morgan fingerprint density at radius 1 is 1.24 bits per heavy atom. The molecule has 108 valence electrons. The number of aromatic nitrogens is 2. The van der Waals surface area contributed by atoms with Crippen molar-refractivity contribution in [2.45, 2.75) is 13.8 Å². The van der Waals surface area contributed by atoms with Gasteiger partial charge in [-0.2, -0.15) is 0 Å². The normalized spacial score (nSPS) is 10.2. The van der Waals surface area contributed by atoms with E-state index in [1.807, 2.05) is 0 Å². The zero-order valence-corrected chi connectivity index (χ0v) is 12.0. The molecule has 7 nitrogen and oxygen atoms in total. The number of nitro benzene ring substituents is 1. The van der Waals surface area contributed by atoms with Crippen LogP contribution in [-0.2, 0) is 0 Å². The number of rotatable bonds is 3. The van der Waals surface area contributed by atoms with Gasteiger partial charge in [0.1, 0.15) is 0 Å². The van der Waals surface area contributed by atoms with Gasteiger partial charge in [-0.15, -0.1) is 0 Å². The van der Waals surface area contributed by atoms with Crippen LogP contribution in [0.2, 0.25) is 5.02 Å². The number of carbonyl (C=O) groups is 1. The number of anilines is 1. The summed E-state index contributed by atoms with van der Waals surface area (Å²) in [5.41, 5.74) is 1.37. The highest BCUT2D eigenvalue weighted by atomic mass is 35.5. The zero-order valence-electron chi connectivity index (χ0n) is 11.3. The van der Waals surface area contributed by atoms with Crippen LogP contribution in [0.5, 0.6) is 0 Å². The lowest BCUT2D eigenvalue weighted by molar-refractivity contribution is -0.384. The molecule has 1 heterocycles. The summed E-state index contributed by atoms with van der Waals surface area (Å²) in [6.07, 6.45) is 0. The SMILES string of the molecule is Cc1cc(C)nc(NC(=O)c2ccc([N+](=O)[O-])cc2Cl)n1. The average molecular weight is 307 g/mol. The number of benzene rings is 1. The van der Waals surface area contributed by atoms with Crippen LogP contribution in [0.1, 0.15) is 21.7 Å². The largest absolute Gasteiger partial charge is 0.290 e. The molecule has 0 aliphatic carbocycles. The fourth-order valence-electron chi connectivity index (χ4n) is 1.75. The quantitative estimate of drug-likeness (QED) is 0.694. The van der Waals surface area contributed by atoms with E-state index in [2.05, 4.69) is 15.3 Å². The molecule has 8 heteroatoms. The predicted molar refractivity (Wildman–Crippen MR) is 77.6 cm³/mol. The Bertz CT molecular complexity index is 713. The molecule has 21 heavy (non-hydrogen) atoms. The molecule has 2 aromatic rings. The van der Waals surface area contributed by atoms with Crippen LogP contribution in [0.15, 0.2) is 24.3 Å². The van der Waals surface area contributed by atoms with Gasteiger partial charge in [0.25, 0.3) is 11.6 Å². The van der Waals surface area contributed by atoms with Gasteiger partial charge < -0.3 is 0 Å². The molecular formula is C13H11ClN4O3. The highest BCUT2D eigenvalue weighted by Gasteiger charge is 2.16. The number of halogens is 1. The first-order valence-corrected chi connectivity index (χ1v) is 6.32. The van der Waals surface area contributed by atoms with Crippen molar-refractivity contribution in [1.29, 1.82) is 0 Å². The number of nitrogens with zero attached hydrogens (tertiary/aromatic N) is 3. The minimum atomic E-state index is -0.583. The van der Waals surface area contributed by atoms with Gasteiger partial charge in [-0.05, 0) is 26.0 Å². The Labute approximate surface area is 125 Å². The second-order valence-corrected chi connectivity index (χ2v) is 4.76. The number of hydrogen-bond donors (Lipinski definition) is 1. The molecule has 0 spiro atoms. The van der Waals surface area contributed by atoms with Gasteiger partial charge in [0.2, 0.25) is 5.95 Å². The van der Waals surface area contributed by atoms with Crippen molar-refractivity contribution < 1.29 is 9.72 Å². The van der Waals surface area contributed by atoms with Crippen molar-refractivity contribution in [3.05, 3.63) is 56.4 Å². The summed E-state index contributed by atoms with van der Waals surface area (Å²) in [6.45, 7) is 3.56. The molecule has 1 amide bonds. The molecule has 0 saturated carbocycles. The van der Waals surface area contributed by atoms with E-state index in [1.165, 1.54) is 12.1 Å². The van der Waals surface area contributed by atoms with E-state index in [9.17, 15) is 14.9 Å². The lowest BCUT2D eigenvalue weighted by Gasteiger charge is -2.06. The van der Waals surface area contributed by atoms with Crippen LogP contribution in [0.3, 0.4) is 0 Å². The number of amides is 1. The first-order chi connectivity index (χ1) is 9.86. The third kappa shape index (κ3) is 3.51. The third-order valence-electron chi connectivity index (χ3n) is 2.62. The molecule has 0 atom stereocenters. The van der Waals surface area contributed by atoms with Crippen LogP contribution >= 0.6 is 11.6 Å². The highest BCUT2D eigenvalue weighted by Crippen LogP contribution is 2.23. The van der Waals surface area contributed by atoms with Gasteiger partial charge >= 0.3 is 0 Å². The maximum atomic E-state index is 12.1. The number of nitrogens with one attached hydrogen (secondary N) is 1. The summed E-state index contributed by atoms with van der Waals surface area (Å²) in [5.74, 6) is -0.369. The summed E-state index contributed by atoms with van der Waals surface area (Å²) in [6, 6.07) is 5.40. The highest BCUT2D eigenvalue weighted by molar-refractivity contribution is 6.34. The van der Waals surface area contributed by atoms with Crippen LogP contribution in [0.25, 0.3) is 0 Å². The summed E-state index contributed by atoms with van der Waals surface area (Å²) in [4.78, 5) is 30.3. The summed E-state index contributed by atoms with van der Waals surface area (Å²) < 4.78 is 0. The topological polar surface area (TPSA) is 98.0 Å². The molecule has 0 bridgehead atoms. The van der Waals surface area contributed by atoms with E-state index >= 15 is 0 Å². The van der Waals surface area contributed by atoms with Gasteiger partial charge in [0, 0.05) is 23.5 Å². The van der Waals surface area contributed by atoms with E-state index in [-0.39, 0.29) is 22.2 Å². The first-order valence-electron chi connectivity index (χ1n) is 5.94. The lowest BCUT2D eigenvalue weighted by atomic mass is 10.2. The lowest BCUT2D eigenvalue weighted by Crippen LogP contribution is -2.15. The molecule has 1 N–H and O–H groups in total. The molecule has 1 aromatic carbocycles.